The average Bonchev–Trinajstić information content (AvgIpc) is 2.71. The molecule has 3 aromatic rings. The van der Waals surface area contributed by atoms with Crippen LogP contribution in [0.4, 0.5) is 0 Å². The number of benzene rings is 2. The number of halogens is 1. The van der Waals surface area contributed by atoms with Gasteiger partial charge in [-0.25, -0.2) is 13.1 Å². The Balaban J connectivity index is 1.82. The Labute approximate surface area is 182 Å². The van der Waals surface area contributed by atoms with Crippen molar-refractivity contribution in [3.63, 3.8) is 0 Å². The Kier molecular flexibility index (Phi) is 7.10. The highest BCUT2D eigenvalue weighted by Gasteiger charge is 2.14. The van der Waals surface area contributed by atoms with E-state index in [-0.39, 0.29) is 16.5 Å². The third kappa shape index (κ3) is 5.58. The van der Waals surface area contributed by atoms with Crippen molar-refractivity contribution in [2.45, 2.75) is 43.5 Å². The van der Waals surface area contributed by atoms with E-state index < -0.39 is 9.84 Å². The molecule has 30 heavy (non-hydrogen) atoms. The highest BCUT2D eigenvalue weighted by atomic mass is 35.5. The van der Waals surface area contributed by atoms with Crippen molar-refractivity contribution in [2.75, 3.05) is 6.26 Å². The molecule has 2 aromatic carbocycles. The van der Waals surface area contributed by atoms with Crippen LogP contribution in [-0.4, -0.2) is 24.5 Å². The summed E-state index contributed by atoms with van der Waals surface area (Å²) in [5.41, 5.74) is 2.26. The third-order valence-electron chi connectivity index (χ3n) is 5.09. The fourth-order valence-corrected chi connectivity index (χ4v) is 4.34. The van der Waals surface area contributed by atoms with Gasteiger partial charge in [-0.1, -0.05) is 42.8 Å². The van der Waals surface area contributed by atoms with Crippen LogP contribution in [0, 0.1) is 0 Å². The summed E-state index contributed by atoms with van der Waals surface area (Å²) < 4.78 is 25.3. The zero-order valence-corrected chi connectivity index (χ0v) is 18.7. The standard InChI is InChI=1S/C23H25ClN2O3S/c1-3-20(11-5-8-17-7-4-10-19(24)15-17)26-23(27)14-13-22(25-26)18-9-6-12-21(16-18)30(2,28)29/h4,6-7,9-10,12-16,20H,3,5,8,11H2,1-2H3. The van der Waals surface area contributed by atoms with Crippen LogP contribution in [0.5, 0.6) is 0 Å². The van der Waals surface area contributed by atoms with Crippen LogP contribution in [0.15, 0.2) is 70.4 Å². The van der Waals surface area contributed by atoms with Gasteiger partial charge in [0.05, 0.1) is 16.6 Å². The Bertz CT molecular complexity index is 1190. The lowest BCUT2D eigenvalue weighted by Gasteiger charge is -2.18. The van der Waals surface area contributed by atoms with Crippen molar-refractivity contribution < 1.29 is 8.42 Å². The van der Waals surface area contributed by atoms with Crippen LogP contribution in [0.25, 0.3) is 11.3 Å². The largest absolute Gasteiger partial charge is 0.268 e. The van der Waals surface area contributed by atoms with Gasteiger partial charge in [-0.15, -0.1) is 0 Å². The van der Waals surface area contributed by atoms with Crippen LogP contribution < -0.4 is 5.56 Å². The maximum Gasteiger partial charge on any atom is 0.267 e. The molecule has 0 bridgehead atoms. The van der Waals surface area contributed by atoms with E-state index in [0.717, 1.165) is 30.7 Å². The van der Waals surface area contributed by atoms with E-state index in [1.165, 1.54) is 22.6 Å². The summed E-state index contributed by atoms with van der Waals surface area (Å²) in [5, 5.41) is 5.29. The second-order valence-corrected chi connectivity index (χ2v) is 9.84. The van der Waals surface area contributed by atoms with Gasteiger partial charge in [-0.2, -0.15) is 5.10 Å². The minimum Gasteiger partial charge on any atom is -0.268 e. The summed E-state index contributed by atoms with van der Waals surface area (Å²) >= 11 is 6.05. The molecule has 5 nitrogen and oxygen atoms in total. The summed E-state index contributed by atoms with van der Waals surface area (Å²) in [6.07, 6.45) is 4.54. The Morgan fingerprint density at radius 3 is 2.53 bits per heavy atom. The van der Waals surface area contributed by atoms with Crippen LogP contribution in [0.2, 0.25) is 5.02 Å². The van der Waals surface area contributed by atoms with E-state index in [0.29, 0.717) is 11.3 Å². The maximum atomic E-state index is 12.5. The van der Waals surface area contributed by atoms with Gasteiger partial charge < -0.3 is 0 Å². The van der Waals surface area contributed by atoms with Crippen LogP contribution in [-0.2, 0) is 16.3 Å². The second kappa shape index (κ2) is 9.58. The van der Waals surface area contributed by atoms with E-state index in [2.05, 4.69) is 5.10 Å². The van der Waals surface area contributed by atoms with Crippen molar-refractivity contribution in [1.82, 2.24) is 9.78 Å². The quantitative estimate of drug-likeness (QED) is 0.493. The molecule has 0 saturated heterocycles. The zero-order chi connectivity index (χ0) is 21.7. The van der Waals surface area contributed by atoms with Crippen molar-refractivity contribution in [1.29, 1.82) is 0 Å². The molecule has 0 aliphatic heterocycles. The van der Waals surface area contributed by atoms with E-state index >= 15 is 0 Å². The molecule has 158 valence electrons. The SMILES string of the molecule is CCC(CCCc1cccc(Cl)c1)n1nc(-c2cccc(S(C)(=O)=O)c2)ccc1=O. The lowest BCUT2D eigenvalue weighted by Crippen LogP contribution is -2.27. The van der Waals surface area contributed by atoms with Crippen molar-refractivity contribution in [3.8, 4) is 11.3 Å². The van der Waals surface area contributed by atoms with Gasteiger partial charge >= 0.3 is 0 Å². The molecule has 0 aliphatic carbocycles. The lowest BCUT2D eigenvalue weighted by molar-refractivity contribution is 0.387. The predicted molar refractivity (Wildman–Crippen MR) is 121 cm³/mol. The number of aryl methyl sites for hydroxylation is 1. The van der Waals surface area contributed by atoms with Gasteiger partial charge in [0.25, 0.3) is 5.56 Å². The lowest BCUT2D eigenvalue weighted by atomic mass is 10.0. The minimum absolute atomic E-state index is 0.0327. The molecule has 0 amide bonds. The van der Waals surface area contributed by atoms with Crippen molar-refractivity contribution in [2.24, 2.45) is 0 Å². The van der Waals surface area contributed by atoms with Crippen molar-refractivity contribution >= 4 is 21.4 Å². The predicted octanol–water partition coefficient (Wildman–Crippen LogP) is 4.94. The molecular formula is C23H25ClN2O3S. The Hall–Kier alpha value is -2.44. The molecule has 0 aliphatic rings. The van der Waals surface area contributed by atoms with Gasteiger partial charge in [-0.3, -0.25) is 4.79 Å². The van der Waals surface area contributed by atoms with Crippen LogP contribution in [0.3, 0.4) is 0 Å². The number of hydrogen-bond acceptors (Lipinski definition) is 4. The van der Waals surface area contributed by atoms with Crippen LogP contribution >= 0.6 is 11.6 Å². The monoisotopic (exact) mass is 444 g/mol. The van der Waals surface area contributed by atoms with E-state index in [1.54, 1.807) is 30.3 Å². The van der Waals surface area contributed by atoms with E-state index in [1.807, 2.05) is 31.2 Å². The Morgan fingerprint density at radius 1 is 1.07 bits per heavy atom. The number of rotatable bonds is 8. The van der Waals surface area contributed by atoms with Gasteiger partial charge in [0, 0.05) is 22.9 Å². The molecule has 7 heteroatoms. The topological polar surface area (TPSA) is 69.0 Å². The van der Waals surface area contributed by atoms with E-state index in [9.17, 15) is 13.2 Å². The van der Waals surface area contributed by atoms with Gasteiger partial charge in [0.2, 0.25) is 0 Å². The molecule has 0 N–H and O–H groups in total. The molecular weight excluding hydrogens is 420 g/mol. The van der Waals surface area contributed by atoms with Crippen LogP contribution in [0.1, 0.15) is 37.8 Å². The molecule has 1 atom stereocenters. The summed E-state index contributed by atoms with van der Waals surface area (Å²) in [4.78, 5) is 12.7. The molecule has 0 spiro atoms. The zero-order valence-electron chi connectivity index (χ0n) is 17.1. The average molecular weight is 445 g/mol. The first-order valence-electron chi connectivity index (χ1n) is 9.92. The molecule has 0 fully saturated rings. The van der Waals surface area contributed by atoms with E-state index in [4.69, 9.17) is 11.6 Å². The van der Waals surface area contributed by atoms with Gasteiger partial charge in [-0.05, 0) is 61.6 Å². The van der Waals surface area contributed by atoms with Gasteiger partial charge in [0.1, 0.15) is 0 Å². The fraction of sp³-hybridized carbons (Fsp3) is 0.304. The molecule has 1 aromatic heterocycles. The molecule has 3 rings (SSSR count). The highest BCUT2D eigenvalue weighted by molar-refractivity contribution is 7.90. The molecule has 0 saturated carbocycles. The summed E-state index contributed by atoms with van der Waals surface area (Å²) in [5.74, 6) is 0. The maximum absolute atomic E-state index is 12.5. The first kappa shape index (κ1) is 22.2. The number of aromatic nitrogens is 2. The molecule has 1 unspecified atom stereocenters. The number of hydrogen-bond donors (Lipinski definition) is 0. The summed E-state index contributed by atoms with van der Waals surface area (Å²) in [6, 6.07) is 17.5. The second-order valence-electron chi connectivity index (χ2n) is 7.39. The summed E-state index contributed by atoms with van der Waals surface area (Å²) in [6.45, 7) is 2.04. The highest BCUT2D eigenvalue weighted by Crippen LogP contribution is 2.23. The van der Waals surface area contributed by atoms with Crippen molar-refractivity contribution in [3.05, 3.63) is 81.6 Å². The smallest absolute Gasteiger partial charge is 0.267 e. The number of sulfone groups is 1. The molecule has 1 heterocycles. The first-order valence-corrected chi connectivity index (χ1v) is 12.2. The number of nitrogens with zero attached hydrogens (tertiary/aromatic N) is 2. The minimum atomic E-state index is -3.32. The fourth-order valence-electron chi connectivity index (χ4n) is 3.46. The third-order valence-corrected chi connectivity index (χ3v) is 6.44. The summed E-state index contributed by atoms with van der Waals surface area (Å²) in [7, 11) is -3.32. The Morgan fingerprint density at radius 2 is 1.83 bits per heavy atom. The normalized spacial score (nSPS) is 12.6. The molecule has 0 radical (unpaired) electrons. The first-order chi connectivity index (χ1) is 14.3. The van der Waals surface area contributed by atoms with Gasteiger partial charge in [0.15, 0.2) is 9.84 Å².